The highest BCUT2D eigenvalue weighted by Crippen LogP contribution is 2.21. The van der Waals surface area contributed by atoms with Gasteiger partial charge in [0.15, 0.2) is 5.17 Å². The number of nitrogens with one attached hydrogen (secondary N) is 1. The third kappa shape index (κ3) is 4.00. The van der Waals surface area contributed by atoms with Crippen molar-refractivity contribution in [3.8, 4) is 0 Å². The molecule has 1 rings (SSSR count). The number of hydrogen-bond donors (Lipinski definition) is 1. The van der Waals surface area contributed by atoms with Crippen LogP contribution in [0.5, 0.6) is 0 Å². The zero-order valence-electron chi connectivity index (χ0n) is 8.71. The van der Waals surface area contributed by atoms with E-state index in [0.29, 0.717) is 5.25 Å². The van der Waals surface area contributed by atoms with E-state index in [0.717, 1.165) is 24.8 Å². The second kappa shape index (κ2) is 5.50. The maximum atomic E-state index is 4.43. The Morgan fingerprint density at radius 2 is 2.38 bits per heavy atom. The summed E-state index contributed by atoms with van der Waals surface area (Å²) in [5.41, 5.74) is 0. The molecule has 1 atom stereocenters. The van der Waals surface area contributed by atoms with Crippen LogP contribution in [0, 0.1) is 0 Å². The van der Waals surface area contributed by atoms with Gasteiger partial charge < -0.3 is 10.2 Å². The van der Waals surface area contributed by atoms with Crippen LogP contribution in [0.25, 0.3) is 0 Å². The lowest BCUT2D eigenvalue weighted by Gasteiger charge is -2.11. The lowest BCUT2D eigenvalue weighted by atomic mass is 10.3. The molecule has 0 saturated heterocycles. The molecule has 0 aromatic heterocycles. The standard InChI is InChI=1S/C9H19N3S/c1-4-8-7-11-9(13-8)10-5-6-12(2)3/h8H,4-7H2,1-3H3,(H,10,11). The van der Waals surface area contributed by atoms with Gasteiger partial charge in [0, 0.05) is 18.3 Å². The minimum Gasteiger partial charge on any atom is -0.364 e. The summed E-state index contributed by atoms with van der Waals surface area (Å²) >= 11 is 1.88. The lowest BCUT2D eigenvalue weighted by Crippen LogP contribution is -2.29. The summed E-state index contributed by atoms with van der Waals surface area (Å²) in [5.74, 6) is 0. The van der Waals surface area contributed by atoms with E-state index in [1.807, 2.05) is 11.8 Å². The fourth-order valence-electron chi connectivity index (χ4n) is 1.11. The van der Waals surface area contributed by atoms with Gasteiger partial charge in [-0.2, -0.15) is 0 Å². The second-order valence-electron chi connectivity index (χ2n) is 3.52. The summed E-state index contributed by atoms with van der Waals surface area (Å²) in [7, 11) is 4.17. The van der Waals surface area contributed by atoms with E-state index in [-0.39, 0.29) is 0 Å². The van der Waals surface area contributed by atoms with Gasteiger partial charge >= 0.3 is 0 Å². The summed E-state index contributed by atoms with van der Waals surface area (Å²) in [5, 5.41) is 5.19. The number of aliphatic imine (C=N–C) groups is 1. The van der Waals surface area contributed by atoms with Crippen LogP contribution in [0.4, 0.5) is 0 Å². The molecular formula is C9H19N3S. The van der Waals surface area contributed by atoms with Crippen molar-refractivity contribution in [2.45, 2.75) is 18.6 Å². The number of thioether (sulfide) groups is 1. The minimum atomic E-state index is 0.710. The monoisotopic (exact) mass is 201 g/mol. The molecule has 4 heteroatoms. The van der Waals surface area contributed by atoms with Gasteiger partial charge in [0.1, 0.15) is 0 Å². The van der Waals surface area contributed by atoms with Crippen molar-refractivity contribution in [2.24, 2.45) is 4.99 Å². The number of rotatable bonds is 4. The Hall–Kier alpha value is -0.220. The second-order valence-corrected chi connectivity index (χ2v) is 4.81. The number of amidine groups is 1. The van der Waals surface area contributed by atoms with Crippen LogP contribution in [0.3, 0.4) is 0 Å². The lowest BCUT2D eigenvalue weighted by molar-refractivity contribution is 0.413. The molecular weight excluding hydrogens is 182 g/mol. The van der Waals surface area contributed by atoms with Crippen LogP contribution >= 0.6 is 11.8 Å². The Balaban J connectivity index is 2.10. The van der Waals surface area contributed by atoms with Crippen molar-refractivity contribution >= 4 is 16.9 Å². The quantitative estimate of drug-likeness (QED) is 0.736. The first-order valence-electron chi connectivity index (χ1n) is 4.82. The summed E-state index contributed by atoms with van der Waals surface area (Å²) in [6, 6.07) is 0. The van der Waals surface area contributed by atoms with Gasteiger partial charge in [-0.3, -0.25) is 4.99 Å². The molecule has 0 saturated carbocycles. The van der Waals surface area contributed by atoms with Gasteiger partial charge in [-0.15, -0.1) is 0 Å². The van der Waals surface area contributed by atoms with Crippen molar-refractivity contribution < 1.29 is 0 Å². The SMILES string of the molecule is CCC1CN=C(NCCN(C)C)S1. The Kier molecular flexibility index (Phi) is 4.59. The molecule has 1 aliphatic rings. The normalized spacial score (nSPS) is 22.2. The Morgan fingerprint density at radius 1 is 1.62 bits per heavy atom. The van der Waals surface area contributed by atoms with Gasteiger partial charge in [-0.1, -0.05) is 18.7 Å². The highest BCUT2D eigenvalue weighted by Gasteiger charge is 2.16. The van der Waals surface area contributed by atoms with Crippen molar-refractivity contribution in [1.82, 2.24) is 10.2 Å². The van der Waals surface area contributed by atoms with E-state index >= 15 is 0 Å². The van der Waals surface area contributed by atoms with Crippen molar-refractivity contribution in [1.29, 1.82) is 0 Å². The molecule has 0 spiro atoms. The molecule has 76 valence electrons. The average molecular weight is 201 g/mol. The van der Waals surface area contributed by atoms with E-state index < -0.39 is 0 Å². The Morgan fingerprint density at radius 3 is 2.92 bits per heavy atom. The van der Waals surface area contributed by atoms with Crippen molar-refractivity contribution in [3.63, 3.8) is 0 Å². The zero-order valence-corrected chi connectivity index (χ0v) is 9.52. The van der Waals surface area contributed by atoms with Crippen LogP contribution in [0.2, 0.25) is 0 Å². The Bertz CT molecular complexity index is 180. The van der Waals surface area contributed by atoms with Crippen molar-refractivity contribution in [3.05, 3.63) is 0 Å². The molecule has 0 aromatic rings. The Labute approximate surface area is 85.0 Å². The van der Waals surface area contributed by atoms with Gasteiger partial charge in [0.05, 0.1) is 6.54 Å². The molecule has 1 heterocycles. The third-order valence-corrected chi connectivity index (χ3v) is 3.32. The van der Waals surface area contributed by atoms with Crippen LogP contribution in [-0.2, 0) is 0 Å². The van der Waals surface area contributed by atoms with Gasteiger partial charge in [0.25, 0.3) is 0 Å². The summed E-state index contributed by atoms with van der Waals surface area (Å²) in [4.78, 5) is 6.61. The number of likely N-dealkylation sites (N-methyl/N-ethyl adjacent to an activating group) is 1. The molecule has 0 aliphatic carbocycles. The topological polar surface area (TPSA) is 27.6 Å². The van der Waals surface area contributed by atoms with Crippen LogP contribution in [0.1, 0.15) is 13.3 Å². The number of hydrogen-bond acceptors (Lipinski definition) is 4. The fraction of sp³-hybridized carbons (Fsp3) is 0.889. The van der Waals surface area contributed by atoms with E-state index in [1.54, 1.807) is 0 Å². The first-order chi connectivity index (χ1) is 6.22. The summed E-state index contributed by atoms with van der Waals surface area (Å²) in [6.45, 7) is 5.27. The highest BCUT2D eigenvalue weighted by molar-refractivity contribution is 8.14. The van der Waals surface area contributed by atoms with Gasteiger partial charge in [-0.25, -0.2) is 0 Å². The molecule has 0 fully saturated rings. The zero-order chi connectivity index (χ0) is 9.68. The van der Waals surface area contributed by atoms with Crippen LogP contribution in [0.15, 0.2) is 4.99 Å². The third-order valence-electron chi connectivity index (χ3n) is 2.01. The minimum absolute atomic E-state index is 0.710. The van der Waals surface area contributed by atoms with Crippen molar-refractivity contribution in [2.75, 3.05) is 33.7 Å². The predicted octanol–water partition coefficient (Wildman–Crippen LogP) is 1.02. The number of nitrogens with zero attached hydrogens (tertiary/aromatic N) is 2. The highest BCUT2D eigenvalue weighted by atomic mass is 32.2. The molecule has 1 aliphatic heterocycles. The largest absolute Gasteiger partial charge is 0.364 e. The molecule has 1 unspecified atom stereocenters. The summed E-state index contributed by atoms with van der Waals surface area (Å²) in [6.07, 6.45) is 1.22. The van der Waals surface area contributed by atoms with E-state index in [2.05, 4.69) is 36.2 Å². The van der Waals surface area contributed by atoms with E-state index in [4.69, 9.17) is 0 Å². The molecule has 3 nitrogen and oxygen atoms in total. The van der Waals surface area contributed by atoms with Crippen LogP contribution in [-0.4, -0.2) is 49.0 Å². The van der Waals surface area contributed by atoms with E-state index in [9.17, 15) is 0 Å². The van der Waals surface area contributed by atoms with E-state index in [1.165, 1.54) is 6.42 Å². The maximum absolute atomic E-state index is 4.43. The molecule has 13 heavy (non-hydrogen) atoms. The molecule has 0 radical (unpaired) electrons. The molecule has 0 aromatic carbocycles. The van der Waals surface area contributed by atoms with Crippen LogP contribution < -0.4 is 5.32 Å². The first-order valence-corrected chi connectivity index (χ1v) is 5.70. The molecule has 0 bridgehead atoms. The predicted molar refractivity (Wildman–Crippen MR) is 60.5 cm³/mol. The summed E-state index contributed by atoms with van der Waals surface area (Å²) < 4.78 is 0. The first kappa shape index (κ1) is 10.9. The maximum Gasteiger partial charge on any atom is 0.156 e. The smallest absolute Gasteiger partial charge is 0.156 e. The van der Waals surface area contributed by atoms with Gasteiger partial charge in [0.2, 0.25) is 0 Å². The molecule has 0 amide bonds. The van der Waals surface area contributed by atoms with Gasteiger partial charge in [-0.05, 0) is 20.5 Å². The average Bonchev–Trinajstić information content (AvgIpc) is 2.52. The fourth-order valence-corrected chi connectivity index (χ4v) is 2.08. The molecule has 1 N–H and O–H groups in total.